The number of imidazole rings is 1. The van der Waals surface area contributed by atoms with Gasteiger partial charge in [0.1, 0.15) is 52.7 Å². The predicted octanol–water partition coefficient (Wildman–Crippen LogP) is 1.10. The lowest BCUT2D eigenvalue weighted by molar-refractivity contribution is -0.662. The summed E-state index contributed by atoms with van der Waals surface area (Å²) < 4.78 is 3.99. The number of pyridine rings is 1. The van der Waals surface area contributed by atoms with Crippen molar-refractivity contribution in [2.24, 2.45) is 5.16 Å². The molecule has 3 aromatic rings. The zero-order chi connectivity index (χ0) is 26.3. The van der Waals surface area contributed by atoms with Crippen LogP contribution in [-0.4, -0.2) is 66.7 Å². The standard InChI is InChI=1S/C22H20ClN7O5S2/c1-2-35-27-14(13-17(23)37-22(24)26-13)18(31)25-15-19(32)30-16(21(33)34)11(10-36-20(15)30)9-29-8-7-28-6-4-3-5-12(28)29/h3-8,15,20H,2,9-10H2,1H3,(H3-,24,25,26,31,33,34)/p+1/b27-14-/t15-,20+/m1/s1. The van der Waals surface area contributed by atoms with E-state index in [1.54, 1.807) is 6.92 Å². The number of anilines is 1. The first-order chi connectivity index (χ1) is 17.8. The average molecular weight is 563 g/mol. The number of nitrogens with zero attached hydrogens (tertiary/aromatic N) is 5. The van der Waals surface area contributed by atoms with E-state index < -0.39 is 29.2 Å². The van der Waals surface area contributed by atoms with Crippen molar-refractivity contribution in [2.75, 3.05) is 18.1 Å². The Labute approximate surface area is 223 Å². The van der Waals surface area contributed by atoms with E-state index >= 15 is 0 Å². The van der Waals surface area contributed by atoms with Crippen LogP contribution in [0.25, 0.3) is 5.65 Å². The summed E-state index contributed by atoms with van der Waals surface area (Å²) in [6, 6.07) is 4.75. The number of nitrogens with one attached hydrogen (secondary N) is 1. The molecule has 0 radical (unpaired) electrons. The van der Waals surface area contributed by atoms with Crippen molar-refractivity contribution in [3.05, 3.63) is 58.1 Å². The average Bonchev–Trinajstić information content (AvgIpc) is 3.44. The van der Waals surface area contributed by atoms with Gasteiger partial charge in [0.15, 0.2) is 10.8 Å². The second-order valence-corrected chi connectivity index (χ2v) is 10.8. The number of aromatic nitrogens is 3. The molecule has 0 spiro atoms. The highest BCUT2D eigenvalue weighted by atomic mass is 35.5. The van der Waals surface area contributed by atoms with Crippen LogP contribution in [0.1, 0.15) is 12.6 Å². The first kappa shape index (κ1) is 25.0. The number of halogens is 1. The number of amides is 2. The van der Waals surface area contributed by atoms with Gasteiger partial charge in [-0.1, -0.05) is 34.2 Å². The third-order valence-electron chi connectivity index (χ3n) is 5.79. The minimum Gasteiger partial charge on any atom is -0.477 e. The molecule has 1 saturated heterocycles. The first-order valence-corrected chi connectivity index (χ1v) is 13.3. The van der Waals surface area contributed by atoms with Gasteiger partial charge in [-0.05, 0) is 13.0 Å². The van der Waals surface area contributed by atoms with Crippen LogP contribution in [0.15, 0.2) is 53.2 Å². The maximum atomic E-state index is 13.1. The Morgan fingerprint density at radius 3 is 2.92 bits per heavy atom. The van der Waals surface area contributed by atoms with Crippen LogP contribution in [-0.2, 0) is 25.8 Å². The summed E-state index contributed by atoms with van der Waals surface area (Å²) in [7, 11) is 0. The summed E-state index contributed by atoms with van der Waals surface area (Å²) in [6.45, 7) is 2.18. The fraction of sp³-hybridized carbons (Fsp3) is 0.273. The molecule has 1 fully saturated rings. The Morgan fingerprint density at radius 1 is 1.41 bits per heavy atom. The van der Waals surface area contributed by atoms with Crippen molar-refractivity contribution in [3.63, 3.8) is 0 Å². The van der Waals surface area contributed by atoms with E-state index in [0.29, 0.717) is 17.9 Å². The van der Waals surface area contributed by atoms with E-state index in [2.05, 4.69) is 15.5 Å². The van der Waals surface area contributed by atoms with Gasteiger partial charge >= 0.3 is 5.97 Å². The molecule has 3 aromatic heterocycles. The fourth-order valence-corrected chi connectivity index (χ4v) is 6.45. The molecule has 0 aliphatic carbocycles. The van der Waals surface area contributed by atoms with Gasteiger partial charge in [0, 0.05) is 17.4 Å². The van der Waals surface area contributed by atoms with Crippen LogP contribution in [0.3, 0.4) is 0 Å². The summed E-state index contributed by atoms with van der Waals surface area (Å²) in [5.41, 5.74) is 6.92. The van der Waals surface area contributed by atoms with Crippen LogP contribution < -0.4 is 15.6 Å². The molecule has 37 heavy (non-hydrogen) atoms. The number of thiazole rings is 1. The normalized spacial score (nSPS) is 19.6. The number of carboxylic acid groups (broad SMARTS) is 1. The molecule has 5 rings (SSSR count). The lowest BCUT2D eigenvalue weighted by Gasteiger charge is -2.49. The third-order valence-corrected chi connectivity index (χ3v) is 8.22. The Kier molecular flexibility index (Phi) is 6.79. The highest BCUT2D eigenvalue weighted by molar-refractivity contribution is 8.00. The quantitative estimate of drug-likeness (QED) is 0.159. The van der Waals surface area contributed by atoms with E-state index in [-0.39, 0.29) is 33.2 Å². The summed E-state index contributed by atoms with van der Waals surface area (Å²) in [4.78, 5) is 48.7. The van der Waals surface area contributed by atoms with Gasteiger partial charge in [-0.3, -0.25) is 14.5 Å². The molecule has 2 aliphatic rings. The third kappa shape index (κ3) is 4.51. The largest absolute Gasteiger partial charge is 0.477 e. The Balaban J connectivity index is 1.38. The van der Waals surface area contributed by atoms with Crippen LogP contribution in [0, 0.1) is 0 Å². The summed E-state index contributed by atoms with van der Waals surface area (Å²) >= 11 is 8.50. The molecule has 2 atom stereocenters. The molecule has 4 N–H and O–H groups in total. The summed E-state index contributed by atoms with van der Waals surface area (Å²) in [6.07, 6.45) is 5.63. The zero-order valence-electron chi connectivity index (χ0n) is 19.3. The molecule has 0 bridgehead atoms. The fourth-order valence-electron chi connectivity index (χ4n) is 4.18. The molecule has 2 aliphatic heterocycles. The zero-order valence-corrected chi connectivity index (χ0v) is 21.7. The van der Waals surface area contributed by atoms with Gasteiger partial charge in [-0.2, -0.15) is 0 Å². The molecule has 15 heteroatoms. The Hall–Kier alpha value is -3.62. The first-order valence-electron chi connectivity index (χ1n) is 11.1. The molecule has 2 amide bonds. The number of carbonyl (C=O) groups excluding carboxylic acids is 2. The molecule has 5 heterocycles. The highest BCUT2D eigenvalue weighted by Crippen LogP contribution is 2.40. The molecule has 0 saturated carbocycles. The number of thioether (sulfide) groups is 1. The topological polar surface area (TPSA) is 156 Å². The SMILES string of the molecule is CCO/N=C(\C(=O)N[C@@H]1C(=O)N2C(C(=O)O)=C(C[n+]3ccn4ccccc43)CS[C@@H]12)c1nc(N)sc1Cl. The minimum absolute atomic E-state index is 0.0419. The lowest BCUT2D eigenvalue weighted by Crippen LogP contribution is -2.71. The molecule has 12 nitrogen and oxygen atoms in total. The smallest absolute Gasteiger partial charge is 0.352 e. The van der Waals surface area contributed by atoms with E-state index in [9.17, 15) is 19.5 Å². The van der Waals surface area contributed by atoms with Gasteiger partial charge in [0.25, 0.3) is 17.5 Å². The second-order valence-electron chi connectivity index (χ2n) is 8.04. The number of carboxylic acids is 1. The molecular formula is C22H21ClN7O5S2+. The number of carbonyl (C=O) groups is 3. The van der Waals surface area contributed by atoms with Crippen LogP contribution in [0.2, 0.25) is 4.34 Å². The number of nitrogen functional groups attached to an aromatic ring is 1. The summed E-state index contributed by atoms with van der Waals surface area (Å²) in [5.74, 6) is -2.10. The van der Waals surface area contributed by atoms with Gasteiger partial charge in [-0.15, -0.1) is 11.8 Å². The van der Waals surface area contributed by atoms with Crippen molar-refractivity contribution in [1.29, 1.82) is 0 Å². The Morgan fingerprint density at radius 2 is 2.22 bits per heavy atom. The maximum absolute atomic E-state index is 13.1. The molecular weight excluding hydrogens is 542 g/mol. The molecule has 192 valence electrons. The number of oxime groups is 1. The molecule has 0 unspecified atom stereocenters. The number of rotatable bonds is 8. The predicted molar refractivity (Wildman–Crippen MR) is 137 cm³/mol. The van der Waals surface area contributed by atoms with Crippen molar-refractivity contribution < 1.29 is 28.9 Å². The second kappa shape index (κ2) is 10.0. The van der Waals surface area contributed by atoms with Crippen molar-refractivity contribution in [1.82, 2.24) is 19.6 Å². The Bertz CT molecular complexity index is 1480. The van der Waals surface area contributed by atoms with E-state index in [4.69, 9.17) is 22.2 Å². The van der Waals surface area contributed by atoms with Crippen molar-refractivity contribution in [3.8, 4) is 0 Å². The van der Waals surface area contributed by atoms with Crippen LogP contribution >= 0.6 is 34.7 Å². The van der Waals surface area contributed by atoms with E-state index in [1.165, 1.54) is 16.7 Å². The van der Waals surface area contributed by atoms with Gasteiger partial charge in [-0.25, -0.2) is 18.7 Å². The van der Waals surface area contributed by atoms with Crippen LogP contribution in [0.5, 0.6) is 0 Å². The van der Waals surface area contributed by atoms with Crippen molar-refractivity contribution >= 4 is 69.0 Å². The number of hydrogen-bond donors (Lipinski definition) is 3. The van der Waals surface area contributed by atoms with Crippen molar-refractivity contribution in [2.45, 2.75) is 24.9 Å². The molecule has 0 aromatic carbocycles. The number of nitrogens with two attached hydrogens (primary N) is 1. The number of aliphatic carboxylic acids is 1. The van der Waals surface area contributed by atoms with Gasteiger partial charge < -0.3 is 21.0 Å². The lowest BCUT2D eigenvalue weighted by atomic mass is 10.0. The summed E-state index contributed by atoms with van der Waals surface area (Å²) in [5, 5.41) is 16.0. The monoisotopic (exact) mass is 562 g/mol. The number of hydrogen-bond acceptors (Lipinski definition) is 9. The van der Waals surface area contributed by atoms with Gasteiger partial charge in [0.05, 0.1) is 6.20 Å². The van der Waals surface area contributed by atoms with E-state index in [0.717, 1.165) is 17.0 Å². The number of fused-ring (bicyclic) bond motifs is 2. The minimum atomic E-state index is -1.20. The number of β-lactam (4-membered cyclic amide) rings is 1. The van der Waals surface area contributed by atoms with Gasteiger partial charge in [0.2, 0.25) is 0 Å². The van der Waals surface area contributed by atoms with E-state index in [1.807, 2.05) is 45.8 Å². The van der Waals surface area contributed by atoms with Crippen LogP contribution in [0.4, 0.5) is 5.13 Å². The highest BCUT2D eigenvalue weighted by Gasteiger charge is 2.54. The maximum Gasteiger partial charge on any atom is 0.352 e.